The van der Waals surface area contributed by atoms with Gasteiger partial charge in [0.1, 0.15) is 0 Å². The molecule has 1 aromatic rings. The Morgan fingerprint density at radius 1 is 0.913 bits per heavy atom. The first-order chi connectivity index (χ1) is 11.2. The summed E-state index contributed by atoms with van der Waals surface area (Å²) in [5.41, 5.74) is 0.868. The molecule has 1 rings (SSSR count). The van der Waals surface area contributed by atoms with Crippen LogP contribution < -0.4 is 5.32 Å². The van der Waals surface area contributed by atoms with E-state index in [9.17, 15) is 4.79 Å². The molecule has 0 unspecified atom stereocenters. The number of anilines is 1. The van der Waals surface area contributed by atoms with E-state index in [0.717, 1.165) is 16.6 Å². The van der Waals surface area contributed by atoms with Crippen molar-refractivity contribution in [2.45, 2.75) is 84.0 Å². The molecule has 0 saturated carbocycles. The molecule has 130 valence electrons. The van der Waals surface area contributed by atoms with Crippen molar-refractivity contribution in [3.05, 3.63) is 28.7 Å². The molecule has 0 fully saturated rings. The molecular weight excluding hydrogens is 350 g/mol. The lowest BCUT2D eigenvalue weighted by molar-refractivity contribution is -0.116. The molecule has 0 aromatic heterocycles. The van der Waals surface area contributed by atoms with E-state index in [4.69, 9.17) is 0 Å². The monoisotopic (exact) mass is 381 g/mol. The fourth-order valence-corrected chi connectivity index (χ4v) is 3.14. The second-order valence-corrected chi connectivity index (χ2v) is 7.26. The van der Waals surface area contributed by atoms with Gasteiger partial charge in [-0.1, -0.05) is 93.1 Å². The minimum atomic E-state index is 0.124. The summed E-state index contributed by atoms with van der Waals surface area (Å²) < 4.78 is 0.991. The fraction of sp³-hybridized carbons (Fsp3) is 0.650. The van der Waals surface area contributed by atoms with Crippen molar-refractivity contribution in [1.82, 2.24) is 0 Å². The summed E-state index contributed by atoms with van der Waals surface area (Å²) in [6.07, 6.45) is 15.0. The van der Waals surface area contributed by atoms with E-state index in [1.807, 2.05) is 24.3 Å². The van der Waals surface area contributed by atoms with Gasteiger partial charge < -0.3 is 5.32 Å². The topological polar surface area (TPSA) is 29.1 Å². The van der Waals surface area contributed by atoms with Gasteiger partial charge in [-0.05, 0) is 24.6 Å². The van der Waals surface area contributed by atoms with Crippen LogP contribution in [0, 0.1) is 0 Å². The van der Waals surface area contributed by atoms with E-state index < -0.39 is 0 Å². The third kappa shape index (κ3) is 11.4. The zero-order valence-electron chi connectivity index (χ0n) is 14.6. The quantitative estimate of drug-likeness (QED) is 0.363. The first kappa shape index (κ1) is 20.2. The molecular formula is C20H32BrNO. The molecule has 0 aliphatic rings. The van der Waals surface area contributed by atoms with Crippen LogP contribution in [-0.4, -0.2) is 5.91 Å². The smallest absolute Gasteiger partial charge is 0.224 e. The highest BCUT2D eigenvalue weighted by molar-refractivity contribution is 9.10. The lowest BCUT2D eigenvalue weighted by Gasteiger charge is -2.06. The second-order valence-electron chi connectivity index (χ2n) is 6.34. The molecule has 0 atom stereocenters. The van der Waals surface area contributed by atoms with Crippen LogP contribution >= 0.6 is 15.9 Å². The van der Waals surface area contributed by atoms with Crippen molar-refractivity contribution in [3.63, 3.8) is 0 Å². The van der Waals surface area contributed by atoms with Crippen LogP contribution in [0.1, 0.15) is 84.0 Å². The van der Waals surface area contributed by atoms with Crippen molar-refractivity contribution >= 4 is 27.5 Å². The maximum absolute atomic E-state index is 11.9. The molecule has 0 saturated heterocycles. The number of unbranched alkanes of at least 4 members (excludes halogenated alkanes) is 10. The van der Waals surface area contributed by atoms with E-state index in [-0.39, 0.29) is 5.91 Å². The summed E-state index contributed by atoms with van der Waals surface area (Å²) in [5.74, 6) is 0.124. The highest BCUT2D eigenvalue weighted by atomic mass is 79.9. The number of rotatable bonds is 13. The van der Waals surface area contributed by atoms with Crippen molar-refractivity contribution in [2.75, 3.05) is 5.32 Å². The predicted octanol–water partition coefficient (Wildman–Crippen LogP) is 7.09. The van der Waals surface area contributed by atoms with E-state index in [1.165, 1.54) is 64.2 Å². The van der Waals surface area contributed by atoms with Gasteiger partial charge in [-0.15, -0.1) is 0 Å². The summed E-state index contributed by atoms with van der Waals surface area (Å²) >= 11 is 3.41. The minimum Gasteiger partial charge on any atom is -0.326 e. The van der Waals surface area contributed by atoms with Crippen molar-refractivity contribution < 1.29 is 4.79 Å². The molecule has 23 heavy (non-hydrogen) atoms. The molecule has 0 bridgehead atoms. The number of benzene rings is 1. The molecule has 1 amide bonds. The van der Waals surface area contributed by atoms with Crippen LogP contribution in [0.15, 0.2) is 28.7 Å². The molecule has 0 aliphatic heterocycles. The van der Waals surface area contributed by atoms with Gasteiger partial charge in [-0.3, -0.25) is 4.79 Å². The number of hydrogen-bond donors (Lipinski definition) is 1. The molecule has 2 nitrogen and oxygen atoms in total. The number of hydrogen-bond acceptors (Lipinski definition) is 1. The Bertz CT molecular complexity index is 433. The molecule has 0 spiro atoms. The van der Waals surface area contributed by atoms with Crippen LogP contribution in [0.3, 0.4) is 0 Å². The maximum Gasteiger partial charge on any atom is 0.224 e. The van der Waals surface area contributed by atoms with Crippen molar-refractivity contribution in [2.24, 2.45) is 0 Å². The highest BCUT2D eigenvalue weighted by Crippen LogP contribution is 2.16. The predicted molar refractivity (Wildman–Crippen MR) is 104 cm³/mol. The van der Waals surface area contributed by atoms with E-state index in [0.29, 0.717) is 6.42 Å². The normalized spacial score (nSPS) is 10.7. The van der Waals surface area contributed by atoms with E-state index in [1.54, 1.807) is 0 Å². The Morgan fingerprint density at radius 3 is 2.04 bits per heavy atom. The fourth-order valence-electron chi connectivity index (χ4n) is 2.74. The summed E-state index contributed by atoms with van der Waals surface area (Å²) in [4.78, 5) is 11.9. The van der Waals surface area contributed by atoms with Gasteiger partial charge in [0.2, 0.25) is 5.91 Å². The van der Waals surface area contributed by atoms with Crippen LogP contribution in [0.2, 0.25) is 0 Å². The molecule has 1 N–H and O–H groups in total. The largest absolute Gasteiger partial charge is 0.326 e. The van der Waals surface area contributed by atoms with Gasteiger partial charge in [0.05, 0.1) is 0 Å². The van der Waals surface area contributed by atoms with Gasteiger partial charge in [0.15, 0.2) is 0 Å². The first-order valence-corrected chi connectivity index (χ1v) is 10.1. The van der Waals surface area contributed by atoms with Crippen LogP contribution in [0.25, 0.3) is 0 Å². The van der Waals surface area contributed by atoms with E-state index in [2.05, 4.69) is 28.2 Å². The maximum atomic E-state index is 11.9. The Labute approximate surface area is 150 Å². The average Bonchev–Trinajstić information content (AvgIpc) is 2.52. The minimum absolute atomic E-state index is 0.124. The number of nitrogens with one attached hydrogen (secondary N) is 1. The van der Waals surface area contributed by atoms with Gasteiger partial charge in [0.25, 0.3) is 0 Å². The third-order valence-corrected chi connectivity index (χ3v) is 4.61. The lowest BCUT2D eigenvalue weighted by Crippen LogP contribution is -2.10. The Kier molecular flexibility index (Phi) is 11.9. The summed E-state index contributed by atoms with van der Waals surface area (Å²) in [7, 11) is 0. The molecule has 0 heterocycles. The molecule has 3 heteroatoms. The zero-order valence-corrected chi connectivity index (χ0v) is 16.2. The van der Waals surface area contributed by atoms with E-state index >= 15 is 0 Å². The average molecular weight is 382 g/mol. The highest BCUT2D eigenvalue weighted by Gasteiger charge is 2.02. The SMILES string of the molecule is CCCCCCCCCCCCCC(=O)Nc1cccc(Br)c1. The number of amides is 1. The van der Waals surface area contributed by atoms with Gasteiger partial charge in [0, 0.05) is 16.6 Å². The lowest BCUT2D eigenvalue weighted by atomic mass is 10.1. The Morgan fingerprint density at radius 2 is 1.48 bits per heavy atom. The Balaban J connectivity index is 1.91. The number of carbonyl (C=O) groups is 1. The standard InChI is InChI=1S/C20H32BrNO/c1-2-3-4-5-6-7-8-9-10-11-12-16-20(23)22-19-15-13-14-18(21)17-19/h13-15,17H,2-12,16H2,1H3,(H,22,23). The van der Waals surface area contributed by atoms with Gasteiger partial charge in [-0.25, -0.2) is 0 Å². The van der Waals surface area contributed by atoms with Crippen molar-refractivity contribution in [1.29, 1.82) is 0 Å². The molecule has 0 radical (unpaired) electrons. The summed E-state index contributed by atoms with van der Waals surface area (Å²) in [6, 6.07) is 7.74. The van der Waals surface area contributed by atoms with Crippen LogP contribution in [-0.2, 0) is 4.79 Å². The van der Waals surface area contributed by atoms with Gasteiger partial charge >= 0.3 is 0 Å². The summed E-state index contributed by atoms with van der Waals surface area (Å²) in [6.45, 7) is 2.26. The summed E-state index contributed by atoms with van der Waals surface area (Å²) in [5, 5.41) is 2.95. The first-order valence-electron chi connectivity index (χ1n) is 9.28. The zero-order chi connectivity index (χ0) is 16.8. The molecule has 1 aromatic carbocycles. The second kappa shape index (κ2) is 13.6. The van der Waals surface area contributed by atoms with Crippen molar-refractivity contribution in [3.8, 4) is 0 Å². The van der Waals surface area contributed by atoms with Crippen LogP contribution in [0.5, 0.6) is 0 Å². The molecule has 0 aliphatic carbocycles. The van der Waals surface area contributed by atoms with Gasteiger partial charge in [-0.2, -0.15) is 0 Å². The van der Waals surface area contributed by atoms with Crippen LogP contribution in [0.4, 0.5) is 5.69 Å². The Hall–Kier alpha value is -0.830. The number of halogens is 1. The number of carbonyl (C=O) groups excluding carboxylic acids is 1. The third-order valence-electron chi connectivity index (χ3n) is 4.12.